The summed E-state index contributed by atoms with van der Waals surface area (Å²) < 4.78 is 28.0. The molecule has 0 bridgehead atoms. The zero-order chi connectivity index (χ0) is 20.5. The van der Waals surface area contributed by atoms with Gasteiger partial charge in [0.15, 0.2) is 17.9 Å². The fourth-order valence-electron chi connectivity index (χ4n) is 3.48. The number of halogens is 2. The van der Waals surface area contributed by atoms with E-state index in [0.717, 1.165) is 12.1 Å². The molecule has 2 atom stereocenters. The highest BCUT2D eigenvalue weighted by atomic mass is 19.2. The number of rotatable bonds is 4. The summed E-state index contributed by atoms with van der Waals surface area (Å²) in [4.78, 5) is 32.9. The fourth-order valence-corrected chi connectivity index (χ4v) is 3.48. The van der Waals surface area contributed by atoms with Crippen LogP contribution < -0.4 is 10.6 Å². The molecular formula is C19H20F2N6O2. The van der Waals surface area contributed by atoms with E-state index in [1.54, 1.807) is 22.7 Å². The molecule has 8 nitrogen and oxygen atoms in total. The van der Waals surface area contributed by atoms with Crippen molar-refractivity contribution in [2.45, 2.75) is 25.3 Å². The van der Waals surface area contributed by atoms with Gasteiger partial charge < -0.3 is 25.0 Å². The number of benzene rings is 1. The van der Waals surface area contributed by atoms with Gasteiger partial charge in [-0.3, -0.25) is 9.59 Å². The average molecular weight is 402 g/mol. The Morgan fingerprint density at radius 2 is 2.17 bits per heavy atom. The van der Waals surface area contributed by atoms with Crippen LogP contribution in [-0.4, -0.2) is 57.1 Å². The van der Waals surface area contributed by atoms with E-state index < -0.39 is 23.6 Å². The lowest BCUT2D eigenvalue weighted by atomic mass is 10.2. The smallest absolute Gasteiger partial charge is 0.272 e. The number of hydrogen-bond donors (Lipinski definition) is 2. The van der Waals surface area contributed by atoms with Crippen LogP contribution in [0.15, 0.2) is 43.1 Å². The number of amides is 2. The predicted octanol–water partition coefficient (Wildman–Crippen LogP) is 0.830. The lowest BCUT2D eigenvalue weighted by molar-refractivity contribution is -0.135. The van der Waals surface area contributed by atoms with Crippen LogP contribution in [0.3, 0.4) is 0 Å². The number of aromatic nitrogens is 2. The van der Waals surface area contributed by atoms with Crippen molar-refractivity contribution < 1.29 is 18.4 Å². The minimum Gasteiger partial charge on any atom is -0.353 e. The molecule has 3 heterocycles. The van der Waals surface area contributed by atoms with Crippen molar-refractivity contribution >= 4 is 11.8 Å². The highest BCUT2D eigenvalue weighted by Crippen LogP contribution is 2.17. The maximum absolute atomic E-state index is 13.4. The quantitative estimate of drug-likeness (QED) is 0.792. The van der Waals surface area contributed by atoms with E-state index >= 15 is 0 Å². The molecule has 1 aromatic heterocycles. The van der Waals surface area contributed by atoms with Crippen LogP contribution in [-0.2, 0) is 11.3 Å². The van der Waals surface area contributed by atoms with Crippen LogP contribution in [0.2, 0.25) is 0 Å². The normalized spacial score (nSPS) is 21.0. The predicted molar refractivity (Wildman–Crippen MR) is 99.1 cm³/mol. The number of imidazole rings is 1. The number of hydrogen-bond acceptors (Lipinski definition) is 5. The molecule has 29 heavy (non-hydrogen) atoms. The van der Waals surface area contributed by atoms with Crippen molar-refractivity contribution in [1.29, 1.82) is 0 Å². The second kappa shape index (κ2) is 7.53. The summed E-state index contributed by atoms with van der Waals surface area (Å²) in [5, 5.41) is 5.83. The van der Waals surface area contributed by atoms with Crippen molar-refractivity contribution in [3.63, 3.8) is 0 Å². The van der Waals surface area contributed by atoms with Crippen LogP contribution >= 0.6 is 0 Å². The molecule has 2 N–H and O–H groups in total. The number of carbonyl (C=O) groups is 2. The molecule has 4 rings (SSSR count). The van der Waals surface area contributed by atoms with Gasteiger partial charge in [-0.15, -0.1) is 0 Å². The third-order valence-corrected chi connectivity index (χ3v) is 5.03. The highest BCUT2D eigenvalue weighted by molar-refractivity contribution is 5.96. The van der Waals surface area contributed by atoms with Crippen LogP contribution in [0.5, 0.6) is 0 Å². The molecule has 152 valence electrons. The topological polar surface area (TPSA) is 82.5 Å². The average Bonchev–Trinajstić information content (AvgIpc) is 3.34. The summed E-state index contributed by atoms with van der Waals surface area (Å²) in [5.74, 6) is -2.50. The largest absolute Gasteiger partial charge is 0.353 e. The molecular weight excluding hydrogens is 382 g/mol. The maximum Gasteiger partial charge on any atom is 0.272 e. The minimum atomic E-state index is -0.929. The van der Waals surface area contributed by atoms with E-state index in [0.29, 0.717) is 18.5 Å². The third kappa shape index (κ3) is 3.78. The molecule has 10 heteroatoms. The van der Waals surface area contributed by atoms with Gasteiger partial charge in [0.2, 0.25) is 5.91 Å². The molecule has 0 spiro atoms. The van der Waals surface area contributed by atoms with Crippen LogP contribution in [0.25, 0.3) is 0 Å². The molecule has 1 saturated heterocycles. The second-order valence-corrected chi connectivity index (χ2v) is 7.04. The van der Waals surface area contributed by atoms with Crippen molar-refractivity contribution in [2.24, 2.45) is 0 Å². The van der Waals surface area contributed by atoms with E-state index in [4.69, 9.17) is 0 Å². The standard InChI is InChI=1S/C19H20F2N6O2/c1-25-18(29)15(4-6-27-7-5-22-19(25)27)24-17(28)16-10-26(11-23-16)9-12-2-3-13(20)14(21)8-12/h2-3,5,7-8,10-11,15,19,22H,4,6,9H2,1H3,(H,24,28). The van der Waals surface area contributed by atoms with Crippen molar-refractivity contribution in [3.05, 3.63) is 66.0 Å². The van der Waals surface area contributed by atoms with E-state index in [2.05, 4.69) is 15.6 Å². The Hall–Kier alpha value is -3.43. The summed E-state index contributed by atoms with van der Waals surface area (Å²) in [5.41, 5.74) is 0.681. The fraction of sp³-hybridized carbons (Fsp3) is 0.316. The van der Waals surface area contributed by atoms with Gasteiger partial charge in [-0.05, 0) is 24.1 Å². The SMILES string of the molecule is CN1C(=O)C(NC(=O)c2cn(Cc3ccc(F)c(F)c3)cn2)CCN2C=CNC21. The molecule has 1 aromatic carbocycles. The number of likely N-dealkylation sites (N-methyl/N-ethyl adjacent to an activating group) is 1. The van der Waals surface area contributed by atoms with E-state index in [9.17, 15) is 18.4 Å². The Kier molecular flexibility index (Phi) is 4.91. The maximum atomic E-state index is 13.4. The zero-order valence-corrected chi connectivity index (χ0v) is 15.7. The lowest BCUT2D eigenvalue weighted by Crippen LogP contribution is -2.53. The Morgan fingerprint density at radius 1 is 1.34 bits per heavy atom. The van der Waals surface area contributed by atoms with Crippen LogP contribution in [0.1, 0.15) is 22.5 Å². The number of nitrogens with zero attached hydrogens (tertiary/aromatic N) is 4. The summed E-state index contributed by atoms with van der Waals surface area (Å²) >= 11 is 0. The van der Waals surface area contributed by atoms with Crippen molar-refractivity contribution in [3.8, 4) is 0 Å². The molecule has 2 unspecified atom stereocenters. The molecule has 2 aromatic rings. The minimum absolute atomic E-state index is 0.144. The van der Waals surface area contributed by atoms with Gasteiger partial charge in [0, 0.05) is 38.7 Å². The molecule has 0 radical (unpaired) electrons. The van der Waals surface area contributed by atoms with Crippen molar-refractivity contribution in [2.75, 3.05) is 13.6 Å². The van der Waals surface area contributed by atoms with Gasteiger partial charge in [0.25, 0.3) is 5.91 Å². The van der Waals surface area contributed by atoms with Crippen LogP contribution in [0, 0.1) is 11.6 Å². The van der Waals surface area contributed by atoms with Gasteiger partial charge in [-0.1, -0.05) is 6.07 Å². The summed E-state index contributed by atoms with van der Waals surface area (Å²) in [7, 11) is 1.68. The first-order valence-corrected chi connectivity index (χ1v) is 9.14. The molecule has 2 aliphatic heterocycles. The Labute approximate surface area is 165 Å². The van der Waals surface area contributed by atoms with Gasteiger partial charge >= 0.3 is 0 Å². The summed E-state index contributed by atoms with van der Waals surface area (Å²) in [6.07, 6.45) is 6.81. The van der Waals surface area contributed by atoms with Gasteiger partial charge in [0.1, 0.15) is 11.7 Å². The second-order valence-electron chi connectivity index (χ2n) is 7.04. The van der Waals surface area contributed by atoms with E-state index in [-0.39, 0.29) is 24.4 Å². The first-order valence-electron chi connectivity index (χ1n) is 9.14. The Balaban J connectivity index is 1.41. The molecule has 0 aliphatic carbocycles. The molecule has 2 amide bonds. The Bertz CT molecular complexity index is 975. The lowest BCUT2D eigenvalue weighted by Gasteiger charge is -2.30. The highest BCUT2D eigenvalue weighted by Gasteiger charge is 2.36. The summed E-state index contributed by atoms with van der Waals surface area (Å²) in [6.45, 7) is 0.844. The first kappa shape index (κ1) is 18.9. The number of fused-ring (bicyclic) bond motifs is 1. The summed E-state index contributed by atoms with van der Waals surface area (Å²) in [6, 6.07) is 2.96. The number of nitrogens with one attached hydrogen (secondary N) is 2. The molecule has 0 saturated carbocycles. The van der Waals surface area contributed by atoms with Crippen LogP contribution in [0.4, 0.5) is 8.78 Å². The van der Waals surface area contributed by atoms with Gasteiger partial charge in [0.05, 0.1) is 6.33 Å². The Morgan fingerprint density at radius 3 is 2.97 bits per heavy atom. The van der Waals surface area contributed by atoms with Crippen molar-refractivity contribution in [1.82, 2.24) is 30.0 Å². The van der Waals surface area contributed by atoms with E-state index in [1.165, 1.54) is 18.6 Å². The van der Waals surface area contributed by atoms with Gasteiger partial charge in [-0.2, -0.15) is 0 Å². The first-order chi connectivity index (χ1) is 13.9. The van der Waals surface area contributed by atoms with Gasteiger partial charge in [-0.25, -0.2) is 13.8 Å². The zero-order valence-electron chi connectivity index (χ0n) is 15.7. The third-order valence-electron chi connectivity index (χ3n) is 5.03. The molecule has 2 aliphatic rings. The van der Waals surface area contributed by atoms with E-state index in [1.807, 2.05) is 11.1 Å². The monoisotopic (exact) mass is 402 g/mol. The number of carbonyl (C=O) groups excluding carboxylic acids is 2. The molecule has 1 fully saturated rings.